The molecule has 3 aromatic carbocycles. The third-order valence-corrected chi connectivity index (χ3v) is 4.50. The van der Waals surface area contributed by atoms with E-state index in [1.165, 1.54) is 14.2 Å². The largest absolute Gasteiger partial charge is 0.497 e. The number of carbonyl (C=O) groups is 2. The summed E-state index contributed by atoms with van der Waals surface area (Å²) in [4.78, 5) is 24.5. The number of hydrazine groups is 1. The summed E-state index contributed by atoms with van der Waals surface area (Å²) in [6.45, 7) is -0.243. The number of carbonyl (C=O) groups excluding carboxylic acids is 2. The molecule has 0 saturated heterocycles. The monoisotopic (exact) mass is 420 g/mol. The maximum absolute atomic E-state index is 12.3. The third kappa shape index (κ3) is 6.24. The van der Waals surface area contributed by atoms with Gasteiger partial charge in [0.05, 0.1) is 14.2 Å². The van der Waals surface area contributed by atoms with E-state index in [-0.39, 0.29) is 12.2 Å². The molecule has 0 aromatic heterocycles. The molecule has 0 bridgehead atoms. The molecule has 3 rings (SSSR count). The highest BCUT2D eigenvalue weighted by Crippen LogP contribution is 2.23. The van der Waals surface area contributed by atoms with Crippen molar-refractivity contribution in [2.75, 3.05) is 20.8 Å². The third-order valence-electron chi connectivity index (χ3n) is 4.50. The van der Waals surface area contributed by atoms with Crippen LogP contribution < -0.4 is 25.1 Å². The van der Waals surface area contributed by atoms with Crippen molar-refractivity contribution in [1.29, 1.82) is 0 Å². The highest BCUT2D eigenvalue weighted by Gasteiger charge is 2.12. The molecular weight excluding hydrogens is 396 g/mol. The van der Waals surface area contributed by atoms with E-state index in [0.29, 0.717) is 23.7 Å². The van der Waals surface area contributed by atoms with Gasteiger partial charge in [0.25, 0.3) is 11.8 Å². The van der Waals surface area contributed by atoms with E-state index in [9.17, 15) is 9.59 Å². The summed E-state index contributed by atoms with van der Waals surface area (Å²) in [5, 5.41) is 0. The zero-order valence-corrected chi connectivity index (χ0v) is 17.4. The summed E-state index contributed by atoms with van der Waals surface area (Å²) < 4.78 is 16.0. The molecule has 160 valence electrons. The van der Waals surface area contributed by atoms with Crippen molar-refractivity contribution >= 4 is 11.8 Å². The van der Waals surface area contributed by atoms with Crippen LogP contribution in [0.15, 0.2) is 72.8 Å². The molecule has 0 fully saturated rings. The maximum atomic E-state index is 12.3. The van der Waals surface area contributed by atoms with Crippen LogP contribution in [0.4, 0.5) is 0 Å². The highest BCUT2D eigenvalue weighted by molar-refractivity contribution is 5.96. The number of nitrogens with one attached hydrogen (secondary N) is 2. The number of ether oxygens (including phenoxy) is 3. The van der Waals surface area contributed by atoms with E-state index in [1.54, 1.807) is 18.2 Å². The van der Waals surface area contributed by atoms with Gasteiger partial charge in [0.1, 0.15) is 17.2 Å². The normalized spacial score (nSPS) is 10.1. The van der Waals surface area contributed by atoms with Gasteiger partial charge in [0.2, 0.25) is 0 Å². The molecule has 0 aliphatic rings. The van der Waals surface area contributed by atoms with Crippen LogP contribution in [-0.4, -0.2) is 32.6 Å². The van der Waals surface area contributed by atoms with E-state index in [0.717, 1.165) is 11.1 Å². The first-order valence-corrected chi connectivity index (χ1v) is 9.66. The molecule has 0 aliphatic carbocycles. The Morgan fingerprint density at radius 2 is 1.45 bits per heavy atom. The first-order valence-electron chi connectivity index (χ1n) is 9.66. The van der Waals surface area contributed by atoms with Crippen LogP contribution in [-0.2, 0) is 11.2 Å². The SMILES string of the molecule is COc1cc(OC)cc(C(=O)NNC(=O)COc2ccccc2Cc2ccccc2)c1. The Bertz CT molecular complexity index is 1010. The van der Waals surface area contributed by atoms with Crippen LogP contribution in [0.5, 0.6) is 17.2 Å². The number of methoxy groups -OCH3 is 2. The number of benzene rings is 3. The standard InChI is InChI=1S/C24H24N2O5/c1-29-20-13-19(14-21(15-20)30-2)24(28)26-25-23(27)16-31-22-11-7-6-10-18(22)12-17-8-4-3-5-9-17/h3-11,13-15H,12,16H2,1-2H3,(H,25,27)(H,26,28). The molecule has 2 amide bonds. The fourth-order valence-corrected chi connectivity index (χ4v) is 2.92. The van der Waals surface area contributed by atoms with Crippen molar-refractivity contribution in [1.82, 2.24) is 10.9 Å². The van der Waals surface area contributed by atoms with Crippen LogP contribution in [0.3, 0.4) is 0 Å². The predicted octanol–water partition coefficient (Wildman–Crippen LogP) is 3.13. The van der Waals surface area contributed by atoms with Gasteiger partial charge >= 0.3 is 0 Å². The van der Waals surface area contributed by atoms with Gasteiger partial charge in [-0.3, -0.25) is 20.4 Å². The van der Waals surface area contributed by atoms with Crippen molar-refractivity contribution in [3.05, 3.63) is 89.5 Å². The Labute approximate surface area is 180 Å². The summed E-state index contributed by atoms with van der Waals surface area (Å²) in [6, 6.07) is 22.3. The minimum atomic E-state index is -0.505. The second kappa shape index (κ2) is 10.7. The quantitative estimate of drug-likeness (QED) is 0.547. The van der Waals surface area contributed by atoms with E-state index in [4.69, 9.17) is 14.2 Å². The van der Waals surface area contributed by atoms with Crippen molar-refractivity contribution in [2.24, 2.45) is 0 Å². The fourth-order valence-electron chi connectivity index (χ4n) is 2.92. The number of hydrogen-bond donors (Lipinski definition) is 2. The summed E-state index contributed by atoms with van der Waals surface area (Å²) >= 11 is 0. The summed E-state index contributed by atoms with van der Waals surface area (Å²) in [7, 11) is 2.98. The van der Waals surface area contributed by atoms with Gasteiger partial charge in [-0.25, -0.2) is 0 Å². The molecule has 7 heteroatoms. The lowest BCUT2D eigenvalue weighted by atomic mass is 10.0. The number of rotatable bonds is 8. The molecule has 0 saturated carbocycles. The molecule has 0 spiro atoms. The van der Waals surface area contributed by atoms with Gasteiger partial charge in [0, 0.05) is 18.1 Å². The Morgan fingerprint density at radius 3 is 2.13 bits per heavy atom. The Kier molecular flexibility index (Phi) is 7.48. The van der Waals surface area contributed by atoms with Crippen molar-refractivity contribution in [2.45, 2.75) is 6.42 Å². The predicted molar refractivity (Wildman–Crippen MR) is 116 cm³/mol. The van der Waals surface area contributed by atoms with Crippen molar-refractivity contribution in [3.63, 3.8) is 0 Å². The smallest absolute Gasteiger partial charge is 0.276 e. The Hall–Kier alpha value is -4.00. The van der Waals surface area contributed by atoms with Gasteiger partial charge in [-0.2, -0.15) is 0 Å². The van der Waals surface area contributed by atoms with E-state index < -0.39 is 11.8 Å². The van der Waals surface area contributed by atoms with E-state index >= 15 is 0 Å². The molecule has 0 unspecified atom stereocenters. The van der Waals surface area contributed by atoms with Crippen LogP contribution >= 0.6 is 0 Å². The number of para-hydroxylation sites is 1. The van der Waals surface area contributed by atoms with Crippen LogP contribution in [0.2, 0.25) is 0 Å². The van der Waals surface area contributed by atoms with Crippen LogP contribution in [0.1, 0.15) is 21.5 Å². The molecule has 2 N–H and O–H groups in total. The zero-order valence-electron chi connectivity index (χ0n) is 17.4. The average molecular weight is 420 g/mol. The van der Waals surface area contributed by atoms with Gasteiger partial charge in [0.15, 0.2) is 6.61 Å². The Morgan fingerprint density at radius 1 is 0.806 bits per heavy atom. The Balaban J connectivity index is 1.55. The van der Waals surface area contributed by atoms with E-state index in [1.807, 2.05) is 54.6 Å². The van der Waals surface area contributed by atoms with Gasteiger partial charge < -0.3 is 14.2 Å². The lowest BCUT2D eigenvalue weighted by molar-refractivity contribution is -0.123. The van der Waals surface area contributed by atoms with Gasteiger partial charge in [-0.15, -0.1) is 0 Å². The lowest BCUT2D eigenvalue weighted by Gasteiger charge is -2.13. The van der Waals surface area contributed by atoms with Gasteiger partial charge in [-0.1, -0.05) is 48.5 Å². The second-order valence-corrected chi connectivity index (χ2v) is 6.66. The first kappa shape index (κ1) is 21.7. The second-order valence-electron chi connectivity index (χ2n) is 6.66. The zero-order chi connectivity index (χ0) is 22.1. The highest BCUT2D eigenvalue weighted by atomic mass is 16.5. The molecule has 0 atom stereocenters. The maximum Gasteiger partial charge on any atom is 0.276 e. The van der Waals surface area contributed by atoms with Crippen molar-refractivity contribution in [3.8, 4) is 17.2 Å². The molecule has 0 aliphatic heterocycles. The molecule has 3 aromatic rings. The topological polar surface area (TPSA) is 85.9 Å². The summed E-state index contributed by atoms with van der Waals surface area (Å²) in [5.74, 6) is 0.557. The van der Waals surface area contributed by atoms with Crippen molar-refractivity contribution < 1.29 is 23.8 Å². The lowest BCUT2D eigenvalue weighted by Crippen LogP contribution is -2.43. The fraction of sp³-hybridized carbons (Fsp3) is 0.167. The average Bonchev–Trinajstić information content (AvgIpc) is 2.82. The minimum Gasteiger partial charge on any atom is -0.497 e. The summed E-state index contributed by atoms with van der Waals surface area (Å²) in [5.41, 5.74) is 7.10. The molecule has 7 nitrogen and oxygen atoms in total. The summed E-state index contributed by atoms with van der Waals surface area (Å²) in [6.07, 6.45) is 0.688. The minimum absolute atomic E-state index is 0.243. The molecule has 0 radical (unpaired) electrons. The van der Waals surface area contributed by atoms with Crippen LogP contribution in [0, 0.1) is 0 Å². The van der Waals surface area contributed by atoms with Gasteiger partial charge in [-0.05, 0) is 29.3 Å². The molecule has 0 heterocycles. The van der Waals surface area contributed by atoms with Crippen LogP contribution in [0.25, 0.3) is 0 Å². The first-order chi connectivity index (χ1) is 15.1. The van der Waals surface area contributed by atoms with E-state index in [2.05, 4.69) is 10.9 Å². The molecular formula is C24H24N2O5. The number of amides is 2. The number of hydrogen-bond acceptors (Lipinski definition) is 5. The molecule has 31 heavy (non-hydrogen) atoms.